The maximum absolute atomic E-state index is 12.7. The lowest BCUT2D eigenvalue weighted by Gasteiger charge is -2.41. The first-order valence-electron chi connectivity index (χ1n) is 9.79. The minimum atomic E-state index is -1.47. The average Bonchev–Trinajstić information content (AvgIpc) is 2.75. The number of rotatable bonds is 8. The van der Waals surface area contributed by atoms with E-state index in [-0.39, 0.29) is 6.61 Å². The fourth-order valence-corrected chi connectivity index (χ4v) is 7.18. The first-order chi connectivity index (χ1) is 15.7. The third kappa shape index (κ3) is 6.55. The van der Waals surface area contributed by atoms with Crippen LogP contribution in [0.3, 0.4) is 0 Å². The molecule has 13 atom stereocenters. The largest absolute Gasteiger partial charge is 0.481 e. The zero-order valence-corrected chi connectivity index (χ0v) is 23.1. The van der Waals surface area contributed by atoms with Gasteiger partial charge in [-0.3, -0.25) is 14.4 Å². The molecule has 2 aliphatic carbocycles. The molecule has 8 nitrogen and oxygen atoms in total. The molecular weight excluding hydrogens is 628 g/mol. The first kappa shape index (κ1) is 30.9. The molecule has 2 N–H and O–H groups in total. The Hall–Kier alpha value is 0.650. The highest BCUT2D eigenvalue weighted by atomic mass is 35.5. The number of alkyl halides is 8. The van der Waals surface area contributed by atoms with Gasteiger partial charge in [0.25, 0.3) is 0 Å². The summed E-state index contributed by atoms with van der Waals surface area (Å²) in [6.45, 7) is 0.904. The highest BCUT2D eigenvalue weighted by Crippen LogP contribution is 2.44. The second kappa shape index (κ2) is 12.9. The Morgan fingerprint density at radius 2 is 1.09 bits per heavy atom. The Bertz CT molecular complexity index is 761. The normalized spacial score (nSPS) is 43.7. The molecule has 0 spiro atoms. The van der Waals surface area contributed by atoms with Crippen LogP contribution in [0, 0.1) is 23.7 Å². The Morgan fingerprint density at radius 3 is 1.56 bits per heavy atom. The summed E-state index contributed by atoms with van der Waals surface area (Å²) in [5, 5.41) is 11.0. The van der Waals surface area contributed by atoms with E-state index in [1.807, 2.05) is 0 Å². The molecule has 0 aromatic heterocycles. The van der Waals surface area contributed by atoms with E-state index in [1.54, 1.807) is 0 Å². The number of carbonyl (C=O) groups is 3. The van der Waals surface area contributed by atoms with Crippen LogP contribution >= 0.6 is 92.8 Å². The number of halogens is 8. The van der Waals surface area contributed by atoms with Crippen molar-refractivity contribution in [2.75, 3.05) is 6.61 Å². The van der Waals surface area contributed by atoms with Gasteiger partial charge >= 0.3 is 17.9 Å². The number of carboxylic acid groups (broad SMARTS) is 2. The summed E-state index contributed by atoms with van der Waals surface area (Å²) in [5.74, 6) is -8.68. The van der Waals surface area contributed by atoms with Gasteiger partial charge < -0.3 is 14.9 Å². The maximum atomic E-state index is 12.7. The van der Waals surface area contributed by atoms with E-state index < -0.39 is 90.9 Å². The van der Waals surface area contributed by atoms with Crippen LogP contribution in [0.15, 0.2) is 0 Å². The SMILES string of the molecule is CC(OOCC1C(Cl)C(Cl)C(Cl)C(Cl)C1C(=O)O)OC(=O)C1C(Cl)C(Cl)C(Cl)C(Cl)C1C(=O)O. The number of carboxylic acids is 2. The van der Waals surface area contributed by atoms with E-state index in [0.29, 0.717) is 0 Å². The second-order valence-electron chi connectivity index (χ2n) is 7.86. The van der Waals surface area contributed by atoms with Crippen LogP contribution < -0.4 is 0 Å². The Labute approximate surface area is 235 Å². The Morgan fingerprint density at radius 1 is 0.676 bits per heavy atom. The van der Waals surface area contributed by atoms with Gasteiger partial charge in [0, 0.05) is 12.8 Å². The van der Waals surface area contributed by atoms with Crippen LogP contribution in [0.1, 0.15) is 6.92 Å². The minimum absolute atomic E-state index is 0.371. The lowest BCUT2D eigenvalue weighted by atomic mass is 9.78. The zero-order chi connectivity index (χ0) is 26.1. The molecule has 0 aliphatic heterocycles. The molecule has 13 unspecified atom stereocenters. The summed E-state index contributed by atoms with van der Waals surface area (Å²) in [6, 6.07) is 0. The lowest BCUT2D eigenvalue weighted by molar-refractivity contribution is -0.371. The fraction of sp³-hybridized carbons (Fsp3) is 0.833. The second-order valence-corrected chi connectivity index (χ2v) is 11.9. The number of ether oxygens (including phenoxy) is 1. The molecule has 2 fully saturated rings. The van der Waals surface area contributed by atoms with E-state index in [1.165, 1.54) is 6.92 Å². The topological polar surface area (TPSA) is 119 Å². The van der Waals surface area contributed by atoms with Gasteiger partial charge in [-0.1, -0.05) is 0 Å². The summed E-state index contributed by atoms with van der Waals surface area (Å²) >= 11 is 49.2. The predicted molar refractivity (Wildman–Crippen MR) is 129 cm³/mol. The molecule has 16 heteroatoms. The van der Waals surface area contributed by atoms with Gasteiger partial charge in [-0.25, -0.2) is 4.89 Å². The molecule has 0 aromatic rings. The summed E-state index contributed by atoms with van der Waals surface area (Å²) in [4.78, 5) is 46.1. The molecule has 2 saturated carbocycles. The molecule has 0 bridgehead atoms. The number of carbonyl (C=O) groups excluding carboxylic acids is 1. The van der Waals surface area contributed by atoms with E-state index in [9.17, 15) is 24.6 Å². The van der Waals surface area contributed by atoms with Crippen LogP contribution in [0.5, 0.6) is 0 Å². The molecule has 196 valence electrons. The van der Waals surface area contributed by atoms with Crippen molar-refractivity contribution in [2.45, 2.75) is 56.2 Å². The maximum Gasteiger partial charge on any atom is 0.313 e. The van der Waals surface area contributed by atoms with Crippen molar-refractivity contribution in [1.82, 2.24) is 0 Å². The minimum Gasteiger partial charge on any atom is -0.481 e. The summed E-state index contributed by atoms with van der Waals surface area (Å²) in [6.07, 6.45) is -1.36. The number of esters is 1. The molecule has 0 aromatic carbocycles. The van der Waals surface area contributed by atoms with Crippen molar-refractivity contribution in [3.63, 3.8) is 0 Å². The summed E-state index contributed by atoms with van der Waals surface area (Å²) in [7, 11) is 0. The summed E-state index contributed by atoms with van der Waals surface area (Å²) in [5.41, 5.74) is 0. The molecule has 34 heavy (non-hydrogen) atoms. The third-order valence-electron chi connectivity index (χ3n) is 5.70. The van der Waals surface area contributed by atoms with Crippen molar-refractivity contribution in [1.29, 1.82) is 0 Å². The van der Waals surface area contributed by atoms with Crippen molar-refractivity contribution in [2.24, 2.45) is 23.7 Å². The van der Waals surface area contributed by atoms with E-state index in [2.05, 4.69) is 0 Å². The van der Waals surface area contributed by atoms with Crippen molar-refractivity contribution < 1.29 is 39.1 Å². The van der Waals surface area contributed by atoms with Gasteiger partial charge in [-0.05, 0) is 0 Å². The van der Waals surface area contributed by atoms with Crippen LogP contribution in [0.2, 0.25) is 0 Å². The highest BCUT2D eigenvalue weighted by Gasteiger charge is 2.55. The van der Waals surface area contributed by atoms with Crippen LogP contribution in [0.4, 0.5) is 0 Å². The van der Waals surface area contributed by atoms with E-state index >= 15 is 0 Å². The summed E-state index contributed by atoms with van der Waals surface area (Å²) < 4.78 is 5.11. The number of aliphatic carboxylic acids is 2. The standard InChI is InChI=1S/C18H20Cl8O8/c1-3(33-18(31)7-6(17(29)30)10(21)14(25)15(26)11(7)22)34-32-2-4-5(16(27)28)9(20)13(24)12(23)8(4)19/h3-15H,2H2,1H3,(H,27,28)(H,29,30). The predicted octanol–water partition coefficient (Wildman–Crippen LogP) is 4.34. The van der Waals surface area contributed by atoms with Crippen molar-refractivity contribution >= 4 is 111 Å². The van der Waals surface area contributed by atoms with Gasteiger partial charge in [-0.2, -0.15) is 4.89 Å². The Balaban J connectivity index is 2.01. The van der Waals surface area contributed by atoms with Crippen molar-refractivity contribution in [3.8, 4) is 0 Å². The fourth-order valence-electron chi connectivity index (χ4n) is 3.92. The van der Waals surface area contributed by atoms with Crippen LogP contribution in [-0.4, -0.2) is 84.0 Å². The first-order valence-corrected chi connectivity index (χ1v) is 13.3. The van der Waals surface area contributed by atoms with Gasteiger partial charge in [0.1, 0.15) is 0 Å². The van der Waals surface area contributed by atoms with Gasteiger partial charge in [0.15, 0.2) is 0 Å². The van der Waals surface area contributed by atoms with E-state index in [4.69, 9.17) is 107 Å². The number of hydrogen-bond donors (Lipinski definition) is 2. The lowest BCUT2D eigenvalue weighted by Crippen LogP contribution is -2.56. The highest BCUT2D eigenvalue weighted by molar-refractivity contribution is 6.40. The third-order valence-corrected chi connectivity index (χ3v) is 10.9. The number of hydrogen-bond acceptors (Lipinski definition) is 6. The smallest absolute Gasteiger partial charge is 0.313 e. The molecule has 0 saturated heterocycles. The average molecular weight is 648 g/mol. The van der Waals surface area contributed by atoms with Gasteiger partial charge in [0.05, 0.1) is 67.4 Å². The van der Waals surface area contributed by atoms with Crippen LogP contribution in [0.25, 0.3) is 0 Å². The molecule has 0 radical (unpaired) electrons. The van der Waals surface area contributed by atoms with E-state index in [0.717, 1.165) is 0 Å². The molecule has 0 amide bonds. The molecule has 2 aliphatic rings. The zero-order valence-electron chi connectivity index (χ0n) is 17.1. The molecule has 2 rings (SSSR count). The van der Waals surface area contributed by atoms with Gasteiger partial charge in [-0.15, -0.1) is 92.8 Å². The molecular formula is C18H20Cl8O8. The van der Waals surface area contributed by atoms with Gasteiger partial charge in [0.2, 0.25) is 6.29 Å². The monoisotopic (exact) mass is 644 g/mol. The quantitative estimate of drug-likeness (QED) is 0.131. The Kier molecular flexibility index (Phi) is 11.7. The van der Waals surface area contributed by atoms with Crippen molar-refractivity contribution in [3.05, 3.63) is 0 Å². The molecule has 0 heterocycles. The van der Waals surface area contributed by atoms with Crippen LogP contribution in [-0.2, 0) is 28.9 Å².